The number of piperidine rings is 1. The molecule has 4 heteroatoms. The summed E-state index contributed by atoms with van der Waals surface area (Å²) in [4.78, 5) is 12.1. The summed E-state index contributed by atoms with van der Waals surface area (Å²) in [5, 5.41) is 10.9. The Morgan fingerprint density at radius 2 is 2.26 bits per heavy atom. The number of nitrogens with zero attached hydrogens (tertiary/aromatic N) is 1. The molecule has 2 atom stereocenters. The predicted molar refractivity (Wildman–Crippen MR) is 76.1 cm³/mol. The van der Waals surface area contributed by atoms with Gasteiger partial charge in [0.25, 0.3) is 5.69 Å². The van der Waals surface area contributed by atoms with Crippen molar-refractivity contribution < 1.29 is 9.82 Å². The predicted octanol–water partition coefficient (Wildman–Crippen LogP) is 1.92. The molecule has 2 rings (SSSR count). The second-order valence-corrected chi connectivity index (χ2v) is 5.37. The van der Waals surface area contributed by atoms with Crippen molar-refractivity contribution in [3.8, 4) is 0 Å². The van der Waals surface area contributed by atoms with E-state index >= 15 is 0 Å². The number of hydrogen-bond acceptors (Lipinski definition) is 2. The summed E-state index contributed by atoms with van der Waals surface area (Å²) in [7, 11) is 0. The standard InChI is InChI=1S/C15H20N2O2/c1-13-6-4-10-16(12-13)11-5-8-14-7-2-3-9-15(14)17(18)19/h2-3,5,7-9,13H,4,6,10-12H2,1H3/p+1/b8-5+/t13-/m1/s1. The first-order valence-electron chi connectivity index (χ1n) is 6.90. The molecule has 1 aromatic carbocycles. The molecule has 0 amide bonds. The first-order valence-corrected chi connectivity index (χ1v) is 6.90. The molecule has 19 heavy (non-hydrogen) atoms. The van der Waals surface area contributed by atoms with E-state index in [1.165, 1.54) is 25.9 Å². The van der Waals surface area contributed by atoms with Crippen molar-refractivity contribution in [1.29, 1.82) is 0 Å². The Morgan fingerprint density at radius 1 is 1.47 bits per heavy atom. The van der Waals surface area contributed by atoms with Crippen molar-refractivity contribution in [3.05, 3.63) is 46.0 Å². The maximum absolute atomic E-state index is 10.9. The van der Waals surface area contributed by atoms with Crippen LogP contribution >= 0.6 is 0 Å². The van der Waals surface area contributed by atoms with Crippen LogP contribution in [0.2, 0.25) is 0 Å². The maximum atomic E-state index is 10.9. The van der Waals surface area contributed by atoms with Gasteiger partial charge in [-0.15, -0.1) is 0 Å². The van der Waals surface area contributed by atoms with Crippen molar-refractivity contribution >= 4 is 11.8 Å². The van der Waals surface area contributed by atoms with Crippen molar-refractivity contribution in [3.63, 3.8) is 0 Å². The molecule has 1 heterocycles. The lowest BCUT2D eigenvalue weighted by atomic mass is 10.0. The van der Waals surface area contributed by atoms with Gasteiger partial charge in [-0.2, -0.15) is 0 Å². The third kappa shape index (κ3) is 3.89. The van der Waals surface area contributed by atoms with E-state index in [1.54, 1.807) is 23.1 Å². The molecule has 1 aliphatic heterocycles. The summed E-state index contributed by atoms with van der Waals surface area (Å²) in [5.74, 6) is 0.795. The molecule has 0 radical (unpaired) electrons. The number of hydrogen-bond donors (Lipinski definition) is 1. The van der Waals surface area contributed by atoms with E-state index in [1.807, 2.05) is 12.1 Å². The van der Waals surface area contributed by atoms with Crippen LogP contribution in [0.5, 0.6) is 0 Å². The molecule has 0 saturated carbocycles. The van der Waals surface area contributed by atoms with Crippen LogP contribution in [0.4, 0.5) is 5.69 Å². The molecule has 4 nitrogen and oxygen atoms in total. The third-order valence-electron chi connectivity index (χ3n) is 3.70. The van der Waals surface area contributed by atoms with E-state index in [4.69, 9.17) is 0 Å². The molecule has 1 N–H and O–H groups in total. The lowest BCUT2D eigenvalue weighted by molar-refractivity contribution is -0.902. The number of nitrogens with one attached hydrogen (secondary N) is 1. The van der Waals surface area contributed by atoms with E-state index in [0.29, 0.717) is 5.56 Å². The van der Waals surface area contributed by atoms with Crippen molar-refractivity contribution in [2.75, 3.05) is 19.6 Å². The van der Waals surface area contributed by atoms with Crippen molar-refractivity contribution in [2.24, 2.45) is 5.92 Å². The normalized spacial score (nSPS) is 23.6. The zero-order valence-corrected chi connectivity index (χ0v) is 11.3. The Kier molecular flexibility index (Phi) is 4.68. The van der Waals surface area contributed by atoms with Gasteiger partial charge < -0.3 is 4.90 Å². The Balaban J connectivity index is 1.97. The van der Waals surface area contributed by atoms with Gasteiger partial charge in [0.05, 0.1) is 30.1 Å². The van der Waals surface area contributed by atoms with Crippen LogP contribution in [-0.2, 0) is 0 Å². The summed E-state index contributed by atoms with van der Waals surface area (Å²) in [6.07, 6.45) is 6.56. The second-order valence-electron chi connectivity index (χ2n) is 5.37. The molecule has 1 fully saturated rings. The summed E-state index contributed by atoms with van der Waals surface area (Å²) in [6.45, 7) is 5.67. The summed E-state index contributed by atoms with van der Waals surface area (Å²) >= 11 is 0. The van der Waals surface area contributed by atoms with Gasteiger partial charge in [-0.1, -0.05) is 19.1 Å². The number of para-hydroxylation sites is 1. The topological polar surface area (TPSA) is 47.6 Å². The summed E-state index contributed by atoms with van der Waals surface area (Å²) in [5.41, 5.74) is 0.873. The number of nitro groups is 1. The molecule has 1 saturated heterocycles. The van der Waals surface area contributed by atoms with E-state index in [9.17, 15) is 10.1 Å². The zero-order chi connectivity index (χ0) is 13.7. The molecule has 102 valence electrons. The van der Waals surface area contributed by atoms with E-state index in [0.717, 1.165) is 12.5 Å². The fourth-order valence-electron chi connectivity index (χ4n) is 2.73. The molecule has 0 spiro atoms. The van der Waals surface area contributed by atoms with Crippen LogP contribution in [0.1, 0.15) is 25.3 Å². The summed E-state index contributed by atoms with van der Waals surface area (Å²) in [6, 6.07) is 6.88. The van der Waals surface area contributed by atoms with Gasteiger partial charge >= 0.3 is 0 Å². The van der Waals surface area contributed by atoms with Crippen molar-refractivity contribution in [2.45, 2.75) is 19.8 Å². The summed E-state index contributed by atoms with van der Waals surface area (Å²) < 4.78 is 0. The monoisotopic (exact) mass is 261 g/mol. The van der Waals surface area contributed by atoms with E-state index < -0.39 is 0 Å². The van der Waals surface area contributed by atoms with Crippen LogP contribution in [0.15, 0.2) is 30.3 Å². The molecule has 0 bridgehead atoms. The highest BCUT2D eigenvalue weighted by atomic mass is 16.6. The largest absolute Gasteiger partial charge is 0.331 e. The number of quaternary nitrogens is 1. The zero-order valence-electron chi connectivity index (χ0n) is 11.3. The minimum absolute atomic E-state index is 0.181. The average molecular weight is 261 g/mol. The van der Waals surface area contributed by atoms with Crippen molar-refractivity contribution in [1.82, 2.24) is 0 Å². The third-order valence-corrected chi connectivity index (χ3v) is 3.70. The fraction of sp³-hybridized carbons (Fsp3) is 0.467. The van der Waals surface area contributed by atoms with E-state index in [-0.39, 0.29) is 10.6 Å². The van der Waals surface area contributed by atoms with Crippen LogP contribution < -0.4 is 4.90 Å². The molecular weight excluding hydrogens is 240 g/mol. The Morgan fingerprint density at radius 3 is 3.00 bits per heavy atom. The highest BCUT2D eigenvalue weighted by molar-refractivity contribution is 5.60. The lowest BCUT2D eigenvalue weighted by Gasteiger charge is -2.26. The molecule has 0 aromatic heterocycles. The van der Waals surface area contributed by atoms with Crippen LogP contribution in [0.25, 0.3) is 6.08 Å². The molecule has 0 aliphatic carbocycles. The highest BCUT2D eigenvalue weighted by Gasteiger charge is 2.18. The van der Waals surface area contributed by atoms with Gasteiger partial charge in [-0.05, 0) is 31.1 Å². The smallest absolute Gasteiger partial charge is 0.276 e. The average Bonchev–Trinajstić information content (AvgIpc) is 2.39. The first kappa shape index (κ1) is 13.7. The number of rotatable bonds is 4. The second kappa shape index (κ2) is 6.48. The number of benzene rings is 1. The number of nitro benzene ring substituents is 1. The van der Waals surface area contributed by atoms with Gasteiger partial charge in [-0.25, -0.2) is 0 Å². The maximum Gasteiger partial charge on any atom is 0.276 e. The van der Waals surface area contributed by atoms with Gasteiger partial charge in [0, 0.05) is 12.0 Å². The molecular formula is C15H21N2O2+. The Bertz CT molecular complexity index is 471. The fourth-order valence-corrected chi connectivity index (χ4v) is 2.73. The van der Waals surface area contributed by atoms with Crippen LogP contribution in [-0.4, -0.2) is 24.6 Å². The SMILES string of the molecule is C[C@@H]1CCC[NH+](C/C=C/c2ccccc2[N+](=O)[O-])C1. The van der Waals surface area contributed by atoms with Gasteiger partial charge in [0.1, 0.15) is 0 Å². The number of likely N-dealkylation sites (tertiary alicyclic amines) is 1. The first-order chi connectivity index (χ1) is 9.16. The minimum atomic E-state index is -0.324. The Labute approximate surface area is 113 Å². The van der Waals surface area contributed by atoms with Gasteiger partial charge in [-0.3, -0.25) is 10.1 Å². The quantitative estimate of drug-likeness (QED) is 0.665. The highest BCUT2D eigenvalue weighted by Crippen LogP contribution is 2.18. The minimum Gasteiger partial charge on any atom is -0.331 e. The molecule has 1 unspecified atom stereocenters. The Hall–Kier alpha value is -1.68. The molecule has 1 aromatic rings. The van der Waals surface area contributed by atoms with Crippen LogP contribution in [0.3, 0.4) is 0 Å². The van der Waals surface area contributed by atoms with Crippen LogP contribution in [0, 0.1) is 16.0 Å². The van der Waals surface area contributed by atoms with Gasteiger partial charge in [0.15, 0.2) is 0 Å². The van der Waals surface area contributed by atoms with E-state index in [2.05, 4.69) is 13.0 Å². The lowest BCUT2D eigenvalue weighted by Crippen LogP contribution is -3.13. The van der Waals surface area contributed by atoms with Gasteiger partial charge in [0.2, 0.25) is 0 Å². The molecule has 1 aliphatic rings.